The van der Waals surface area contributed by atoms with Gasteiger partial charge < -0.3 is 10.1 Å². The Morgan fingerprint density at radius 2 is 1.95 bits per heavy atom. The zero-order valence-electron chi connectivity index (χ0n) is 10.5. The third-order valence-electron chi connectivity index (χ3n) is 2.50. The van der Waals surface area contributed by atoms with Crippen molar-refractivity contribution in [1.29, 1.82) is 5.53 Å². The van der Waals surface area contributed by atoms with Crippen molar-refractivity contribution < 1.29 is 4.74 Å². The smallest absolute Gasteiger partial charge is 0.149 e. The fourth-order valence-electron chi connectivity index (χ4n) is 1.64. The van der Waals surface area contributed by atoms with E-state index in [2.05, 4.69) is 17.0 Å². The lowest BCUT2D eigenvalue weighted by Crippen LogP contribution is -1.95. The SMILES string of the molecule is C=CCOc1cc(Nc2ccccc2)ccc1N=N. The third-order valence-corrected chi connectivity index (χ3v) is 2.50. The average molecular weight is 253 g/mol. The van der Waals surface area contributed by atoms with Gasteiger partial charge in [-0.1, -0.05) is 30.9 Å². The van der Waals surface area contributed by atoms with Gasteiger partial charge in [0.2, 0.25) is 0 Å². The molecule has 0 saturated carbocycles. The maximum Gasteiger partial charge on any atom is 0.149 e. The van der Waals surface area contributed by atoms with Crippen LogP contribution >= 0.6 is 0 Å². The fourth-order valence-corrected chi connectivity index (χ4v) is 1.64. The molecule has 19 heavy (non-hydrogen) atoms. The summed E-state index contributed by atoms with van der Waals surface area (Å²) < 4.78 is 5.48. The second-order valence-electron chi connectivity index (χ2n) is 3.89. The molecule has 0 spiro atoms. The summed E-state index contributed by atoms with van der Waals surface area (Å²) in [6.45, 7) is 3.99. The predicted octanol–water partition coefficient (Wildman–Crippen LogP) is 4.66. The van der Waals surface area contributed by atoms with Gasteiger partial charge in [0.05, 0.1) is 0 Å². The lowest BCUT2D eigenvalue weighted by atomic mass is 10.2. The zero-order chi connectivity index (χ0) is 13.5. The number of hydrogen-bond acceptors (Lipinski definition) is 4. The highest BCUT2D eigenvalue weighted by molar-refractivity contribution is 5.66. The van der Waals surface area contributed by atoms with Crippen LogP contribution in [-0.2, 0) is 0 Å². The van der Waals surface area contributed by atoms with Gasteiger partial charge in [-0.2, -0.15) is 5.11 Å². The van der Waals surface area contributed by atoms with E-state index in [4.69, 9.17) is 10.3 Å². The summed E-state index contributed by atoms with van der Waals surface area (Å²) in [5, 5.41) is 6.70. The van der Waals surface area contributed by atoms with Gasteiger partial charge in [-0.3, -0.25) is 0 Å². The Hall–Kier alpha value is -2.62. The number of anilines is 2. The molecule has 0 heterocycles. The van der Waals surface area contributed by atoms with Crippen LogP contribution in [0.5, 0.6) is 5.75 Å². The van der Waals surface area contributed by atoms with Crippen LogP contribution < -0.4 is 10.1 Å². The Morgan fingerprint density at radius 1 is 1.16 bits per heavy atom. The van der Waals surface area contributed by atoms with Crippen molar-refractivity contribution in [3.05, 3.63) is 61.2 Å². The minimum Gasteiger partial charge on any atom is -0.487 e. The first-order valence-electron chi connectivity index (χ1n) is 5.91. The van der Waals surface area contributed by atoms with Gasteiger partial charge in [-0.25, -0.2) is 5.53 Å². The Balaban J connectivity index is 2.22. The summed E-state index contributed by atoms with van der Waals surface area (Å²) >= 11 is 0. The first-order chi connectivity index (χ1) is 9.33. The van der Waals surface area contributed by atoms with Crippen molar-refractivity contribution >= 4 is 17.1 Å². The Kier molecular flexibility index (Phi) is 4.29. The molecule has 0 aliphatic carbocycles. The normalized spacial score (nSPS) is 9.68. The molecule has 0 bridgehead atoms. The van der Waals surface area contributed by atoms with E-state index in [1.54, 1.807) is 12.1 Å². The molecule has 2 rings (SSSR count). The minimum atomic E-state index is 0.386. The maximum atomic E-state index is 7.11. The van der Waals surface area contributed by atoms with Crippen LogP contribution in [0.2, 0.25) is 0 Å². The van der Waals surface area contributed by atoms with Gasteiger partial charge >= 0.3 is 0 Å². The number of nitrogens with one attached hydrogen (secondary N) is 2. The van der Waals surface area contributed by atoms with Gasteiger partial charge in [-0.15, -0.1) is 0 Å². The molecule has 0 aromatic heterocycles. The highest BCUT2D eigenvalue weighted by atomic mass is 16.5. The molecule has 0 fully saturated rings. The zero-order valence-corrected chi connectivity index (χ0v) is 10.5. The molecule has 0 saturated heterocycles. The second-order valence-corrected chi connectivity index (χ2v) is 3.89. The first-order valence-corrected chi connectivity index (χ1v) is 5.91. The molecule has 0 aliphatic rings. The topological polar surface area (TPSA) is 57.5 Å². The van der Waals surface area contributed by atoms with Gasteiger partial charge in [0.25, 0.3) is 0 Å². The van der Waals surface area contributed by atoms with Crippen LogP contribution in [0.1, 0.15) is 0 Å². The Labute approximate surface area is 112 Å². The summed E-state index contributed by atoms with van der Waals surface area (Å²) in [5.74, 6) is 0.566. The fraction of sp³-hybridized carbons (Fsp3) is 0.0667. The molecule has 4 heteroatoms. The molecule has 2 aromatic carbocycles. The van der Waals surface area contributed by atoms with E-state index in [9.17, 15) is 0 Å². The predicted molar refractivity (Wildman–Crippen MR) is 76.7 cm³/mol. The monoisotopic (exact) mass is 253 g/mol. The van der Waals surface area contributed by atoms with E-state index in [-0.39, 0.29) is 0 Å². The summed E-state index contributed by atoms with van der Waals surface area (Å²) in [7, 11) is 0. The van der Waals surface area contributed by atoms with Crippen molar-refractivity contribution in [2.24, 2.45) is 5.11 Å². The molecule has 0 aliphatic heterocycles. The van der Waals surface area contributed by atoms with Crippen LogP contribution in [0.25, 0.3) is 0 Å². The maximum absolute atomic E-state index is 7.11. The average Bonchev–Trinajstić information content (AvgIpc) is 2.46. The molecule has 0 atom stereocenters. The molecule has 2 aromatic rings. The number of nitrogens with zero attached hydrogens (tertiary/aromatic N) is 1. The Bertz CT molecular complexity index is 567. The summed E-state index contributed by atoms with van der Waals surface area (Å²) in [6.07, 6.45) is 1.66. The largest absolute Gasteiger partial charge is 0.487 e. The van der Waals surface area contributed by atoms with E-state index in [1.165, 1.54) is 0 Å². The van der Waals surface area contributed by atoms with E-state index in [0.717, 1.165) is 11.4 Å². The molecule has 4 nitrogen and oxygen atoms in total. The number of ether oxygens (including phenoxy) is 1. The van der Waals surface area contributed by atoms with E-state index >= 15 is 0 Å². The lowest BCUT2D eigenvalue weighted by Gasteiger charge is -2.10. The van der Waals surface area contributed by atoms with Crippen molar-refractivity contribution in [2.75, 3.05) is 11.9 Å². The molecule has 0 unspecified atom stereocenters. The summed E-state index contributed by atoms with van der Waals surface area (Å²) in [4.78, 5) is 0. The van der Waals surface area contributed by atoms with Crippen molar-refractivity contribution in [2.45, 2.75) is 0 Å². The van der Waals surface area contributed by atoms with Gasteiger partial charge in [0.1, 0.15) is 18.0 Å². The number of rotatable bonds is 6. The molecular formula is C15H15N3O. The molecular weight excluding hydrogens is 238 g/mol. The van der Waals surface area contributed by atoms with E-state index in [0.29, 0.717) is 18.0 Å². The highest BCUT2D eigenvalue weighted by Gasteiger charge is 2.04. The van der Waals surface area contributed by atoms with E-state index in [1.807, 2.05) is 42.5 Å². The quantitative estimate of drug-likeness (QED) is 0.581. The molecule has 96 valence electrons. The number of benzene rings is 2. The van der Waals surface area contributed by atoms with Crippen LogP contribution in [-0.4, -0.2) is 6.61 Å². The Morgan fingerprint density at radius 3 is 2.63 bits per heavy atom. The number of hydrogen-bond donors (Lipinski definition) is 2. The van der Waals surface area contributed by atoms with Gasteiger partial charge in [0, 0.05) is 17.4 Å². The third kappa shape index (κ3) is 3.42. The van der Waals surface area contributed by atoms with Crippen molar-refractivity contribution in [3.63, 3.8) is 0 Å². The molecule has 0 amide bonds. The van der Waals surface area contributed by atoms with E-state index < -0.39 is 0 Å². The molecule has 2 N–H and O–H groups in total. The summed E-state index contributed by atoms with van der Waals surface area (Å²) in [6, 6.07) is 15.3. The van der Waals surface area contributed by atoms with Crippen molar-refractivity contribution in [1.82, 2.24) is 0 Å². The van der Waals surface area contributed by atoms with Crippen LogP contribution in [0, 0.1) is 5.53 Å². The van der Waals surface area contributed by atoms with Gasteiger partial charge in [0.15, 0.2) is 0 Å². The highest BCUT2D eigenvalue weighted by Crippen LogP contribution is 2.31. The van der Waals surface area contributed by atoms with Crippen molar-refractivity contribution in [3.8, 4) is 5.75 Å². The standard InChI is InChI=1S/C15H15N3O/c1-2-10-19-15-11-13(8-9-14(15)18-16)17-12-6-4-3-5-7-12/h2-9,11,16-17H,1,10H2. The van der Waals surface area contributed by atoms with Crippen LogP contribution in [0.15, 0.2) is 66.3 Å². The lowest BCUT2D eigenvalue weighted by molar-refractivity contribution is 0.364. The van der Waals surface area contributed by atoms with Crippen LogP contribution in [0.4, 0.5) is 17.1 Å². The number of para-hydroxylation sites is 1. The van der Waals surface area contributed by atoms with Crippen LogP contribution in [0.3, 0.4) is 0 Å². The minimum absolute atomic E-state index is 0.386. The summed E-state index contributed by atoms with van der Waals surface area (Å²) in [5.41, 5.74) is 9.49. The van der Waals surface area contributed by atoms with Gasteiger partial charge in [-0.05, 0) is 24.3 Å². The first kappa shape index (κ1) is 12.8. The molecule has 0 radical (unpaired) electrons. The second kappa shape index (κ2) is 6.35.